The SMILES string of the molecule is COCCOCc1cc(C(F)(F)F)cc2sc(NC(=O)OC(C)(C)C)nc12. The monoisotopic (exact) mass is 406 g/mol. The van der Waals surface area contributed by atoms with Crippen molar-refractivity contribution in [1.29, 1.82) is 0 Å². The number of carbonyl (C=O) groups excluding carboxylic acids is 1. The number of alkyl halides is 3. The van der Waals surface area contributed by atoms with Gasteiger partial charge in [-0.1, -0.05) is 11.3 Å². The van der Waals surface area contributed by atoms with Crippen molar-refractivity contribution in [3.8, 4) is 0 Å². The molecule has 0 aliphatic heterocycles. The molecule has 1 aromatic heterocycles. The summed E-state index contributed by atoms with van der Waals surface area (Å²) in [4.78, 5) is 16.1. The molecular formula is C17H21F3N2O4S. The number of benzene rings is 1. The summed E-state index contributed by atoms with van der Waals surface area (Å²) in [6, 6.07) is 2.01. The molecule has 0 atom stereocenters. The summed E-state index contributed by atoms with van der Waals surface area (Å²) in [5.74, 6) is 0. The third-order valence-corrected chi connectivity index (χ3v) is 4.12. The second-order valence-electron chi connectivity index (χ2n) is 6.67. The van der Waals surface area contributed by atoms with Crippen LogP contribution in [0.1, 0.15) is 31.9 Å². The molecular weight excluding hydrogens is 385 g/mol. The van der Waals surface area contributed by atoms with Gasteiger partial charge in [0.25, 0.3) is 0 Å². The van der Waals surface area contributed by atoms with Crippen LogP contribution in [0.3, 0.4) is 0 Å². The Labute approximate surface area is 158 Å². The van der Waals surface area contributed by atoms with Crippen LogP contribution in [0, 0.1) is 0 Å². The van der Waals surface area contributed by atoms with Crippen molar-refractivity contribution in [3.63, 3.8) is 0 Å². The van der Waals surface area contributed by atoms with Gasteiger partial charge in [0.15, 0.2) is 5.13 Å². The first-order chi connectivity index (χ1) is 12.5. The second-order valence-corrected chi connectivity index (χ2v) is 7.70. The number of thiazole rings is 1. The van der Waals surface area contributed by atoms with Crippen molar-refractivity contribution in [2.45, 2.75) is 39.2 Å². The number of nitrogens with zero attached hydrogens (tertiary/aromatic N) is 1. The van der Waals surface area contributed by atoms with Crippen LogP contribution in [0.25, 0.3) is 10.2 Å². The lowest BCUT2D eigenvalue weighted by Gasteiger charge is -2.18. The summed E-state index contributed by atoms with van der Waals surface area (Å²) < 4.78 is 55.2. The fourth-order valence-electron chi connectivity index (χ4n) is 2.14. The lowest BCUT2D eigenvalue weighted by molar-refractivity contribution is -0.137. The molecule has 0 unspecified atom stereocenters. The Morgan fingerprint density at radius 3 is 2.52 bits per heavy atom. The van der Waals surface area contributed by atoms with E-state index in [1.807, 2.05) is 0 Å². The molecule has 0 spiro atoms. The van der Waals surface area contributed by atoms with Crippen LogP contribution in [0.5, 0.6) is 0 Å². The molecule has 27 heavy (non-hydrogen) atoms. The molecule has 2 aromatic rings. The third-order valence-electron chi connectivity index (χ3n) is 3.20. The topological polar surface area (TPSA) is 69.7 Å². The molecule has 0 fully saturated rings. The van der Waals surface area contributed by atoms with Gasteiger partial charge in [-0.3, -0.25) is 5.32 Å². The number of nitrogens with one attached hydrogen (secondary N) is 1. The molecule has 150 valence electrons. The van der Waals surface area contributed by atoms with Gasteiger partial charge in [0.05, 0.1) is 35.6 Å². The average molecular weight is 406 g/mol. The van der Waals surface area contributed by atoms with Gasteiger partial charge in [-0.05, 0) is 32.9 Å². The highest BCUT2D eigenvalue weighted by atomic mass is 32.1. The highest BCUT2D eigenvalue weighted by Gasteiger charge is 2.32. The quantitative estimate of drug-likeness (QED) is 0.696. The molecule has 1 aromatic carbocycles. The van der Waals surface area contributed by atoms with E-state index in [9.17, 15) is 18.0 Å². The highest BCUT2D eigenvalue weighted by Crippen LogP contribution is 2.36. The first kappa shape index (κ1) is 21.4. The fourth-order valence-corrected chi connectivity index (χ4v) is 3.08. The molecule has 0 radical (unpaired) electrons. The van der Waals surface area contributed by atoms with Crippen LogP contribution in [0.2, 0.25) is 0 Å². The average Bonchev–Trinajstić information content (AvgIpc) is 2.90. The van der Waals surface area contributed by atoms with Crippen LogP contribution in [-0.2, 0) is 27.0 Å². The first-order valence-corrected chi connectivity index (χ1v) is 8.88. The van der Waals surface area contributed by atoms with Crippen LogP contribution in [0.15, 0.2) is 12.1 Å². The summed E-state index contributed by atoms with van der Waals surface area (Å²) in [7, 11) is 1.50. The zero-order valence-corrected chi connectivity index (χ0v) is 16.2. The molecule has 0 saturated heterocycles. The number of anilines is 1. The van der Waals surface area contributed by atoms with Crippen molar-refractivity contribution in [3.05, 3.63) is 23.3 Å². The molecule has 0 aliphatic rings. The van der Waals surface area contributed by atoms with Gasteiger partial charge in [0.1, 0.15) is 5.60 Å². The molecule has 6 nitrogen and oxygen atoms in total. The number of rotatable bonds is 6. The lowest BCUT2D eigenvalue weighted by Crippen LogP contribution is -2.27. The molecule has 0 saturated carbocycles. The summed E-state index contributed by atoms with van der Waals surface area (Å²) in [6.07, 6.45) is -5.23. The van der Waals surface area contributed by atoms with E-state index in [2.05, 4.69) is 10.3 Å². The summed E-state index contributed by atoms with van der Waals surface area (Å²) in [6.45, 7) is 5.62. The number of hydrogen-bond donors (Lipinski definition) is 1. The zero-order valence-electron chi connectivity index (χ0n) is 15.4. The first-order valence-electron chi connectivity index (χ1n) is 8.07. The Morgan fingerprint density at radius 1 is 1.22 bits per heavy atom. The Hall–Kier alpha value is -1.91. The van der Waals surface area contributed by atoms with Gasteiger partial charge < -0.3 is 14.2 Å². The maximum absolute atomic E-state index is 13.2. The van der Waals surface area contributed by atoms with E-state index in [-0.39, 0.29) is 23.9 Å². The molecule has 0 bridgehead atoms. The number of ether oxygens (including phenoxy) is 3. The minimum absolute atomic E-state index is 0.0562. The summed E-state index contributed by atoms with van der Waals surface area (Å²) in [5.41, 5.74) is -0.876. The van der Waals surface area contributed by atoms with Crippen LogP contribution >= 0.6 is 11.3 Å². The van der Waals surface area contributed by atoms with E-state index < -0.39 is 23.4 Å². The normalized spacial score (nSPS) is 12.4. The molecule has 1 amide bonds. The smallest absolute Gasteiger partial charge is 0.416 e. The maximum Gasteiger partial charge on any atom is 0.416 e. The Bertz CT molecular complexity index is 800. The molecule has 2 rings (SSSR count). The van der Waals surface area contributed by atoms with Gasteiger partial charge in [0, 0.05) is 12.7 Å². The molecule has 1 N–H and O–H groups in total. The standard InChI is InChI=1S/C17H21F3N2O4S/c1-16(2,3)26-15(23)22-14-21-13-10(9-25-6-5-24-4)7-11(17(18,19)20)8-12(13)27-14/h7-8H,5-6,9H2,1-4H3,(H,21,22,23). The van der Waals surface area contributed by atoms with Gasteiger partial charge in [-0.25, -0.2) is 9.78 Å². The van der Waals surface area contributed by atoms with E-state index >= 15 is 0 Å². The zero-order chi connectivity index (χ0) is 20.2. The van der Waals surface area contributed by atoms with Crippen molar-refractivity contribution < 1.29 is 32.2 Å². The van der Waals surface area contributed by atoms with Crippen molar-refractivity contribution >= 4 is 32.8 Å². The summed E-state index contributed by atoms with van der Waals surface area (Å²) >= 11 is 0.936. The van der Waals surface area contributed by atoms with E-state index in [4.69, 9.17) is 14.2 Å². The number of hydrogen-bond acceptors (Lipinski definition) is 6. The largest absolute Gasteiger partial charge is 0.444 e. The van der Waals surface area contributed by atoms with Crippen molar-refractivity contribution in [2.24, 2.45) is 0 Å². The van der Waals surface area contributed by atoms with Gasteiger partial charge in [0.2, 0.25) is 0 Å². The van der Waals surface area contributed by atoms with Gasteiger partial charge >= 0.3 is 12.3 Å². The van der Waals surface area contributed by atoms with E-state index in [1.165, 1.54) is 7.11 Å². The number of halogens is 3. The van der Waals surface area contributed by atoms with E-state index in [1.54, 1.807) is 20.8 Å². The lowest BCUT2D eigenvalue weighted by atomic mass is 10.1. The maximum atomic E-state index is 13.2. The Morgan fingerprint density at radius 2 is 1.93 bits per heavy atom. The molecule has 0 aliphatic carbocycles. The predicted molar refractivity (Wildman–Crippen MR) is 96.0 cm³/mol. The summed E-state index contributed by atoms with van der Waals surface area (Å²) in [5, 5.41) is 2.60. The number of amides is 1. The molecule has 1 heterocycles. The van der Waals surface area contributed by atoms with Gasteiger partial charge in [-0.2, -0.15) is 13.2 Å². The highest BCUT2D eigenvalue weighted by molar-refractivity contribution is 7.22. The Balaban J connectivity index is 2.31. The number of carbonyl (C=O) groups is 1. The number of methoxy groups -OCH3 is 1. The van der Waals surface area contributed by atoms with Crippen LogP contribution in [0.4, 0.5) is 23.1 Å². The van der Waals surface area contributed by atoms with E-state index in [0.29, 0.717) is 16.8 Å². The third kappa shape index (κ3) is 6.33. The van der Waals surface area contributed by atoms with E-state index in [0.717, 1.165) is 23.5 Å². The van der Waals surface area contributed by atoms with Crippen LogP contribution < -0.4 is 5.32 Å². The number of aromatic nitrogens is 1. The van der Waals surface area contributed by atoms with Crippen LogP contribution in [-0.4, -0.2) is 37.0 Å². The van der Waals surface area contributed by atoms with Crippen molar-refractivity contribution in [2.75, 3.05) is 25.6 Å². The van der Waals surface area contributed by atoms with Crippen molar-refractivity contribution in [1.82, 2.24) is 4.98 Å². The Kier molecular flexibility index (Phi) is 6.66. The second kappa shape index (κ2) is 8.41. The van der Waals surface area contributed by atoms with Gasteiger partial charge in [-0.15, -0.1) is 0 Å². The fraction of sp³-hybridized carbons (Fsp3) is 0.529. The molecule has 10 heteroatoms. The number of fused-ring (bicyclic) bond motifs is 1. The minimum atomic E-state index is -4.50. The minimum Gasteiger partial charge on any atom is -0.444 e. The predicted octanol–water partition coefficient (Wildman–Crippen LogP) is 4.83.